The molecule has 138 valence electrons. The molecule has 0 radical (unpaired) electrons. The summed E-state index contributed by atoms with van der Waals surface area (Å²) >= 11 is 0. The fourth-order valence-corrected chi connectivity index (χ4v) is 5.01. The number of rotatable bonds is 5. The van der Waals surface area contributed by atoms with Crippen molar-refractivity contribution in [1.82, 2.24) is 14.1 Å². The fourth-order valence-electron chi connectivity index (χ4n) is 3.50. The predicted molar refractivity (Wildman–Crippen MR) is 97.1 cm³/mol. The molecule has 0 amide bonds. The zero-order valence-electron chi connectivity index (χ0n) is 15.4. The number of piperidine rings is 1. The Morgan fingerprint density at radius 1 is 1.00 bits per heavy atom. The highest BCUT2D eigenvalue weighted by Crippen LogP contribution is 2.30. The molecule has 0 bridgehead atoms. The van der Waals surface area contributed by atoms with Crippen LogP contribution in [0, 0.1) is 0 Å². The van der Waals surface area contributed by atoms with Crippen molar-refractivity contribution >= 4 is 10.0 Å². The molecule has 2 aliphatic rings. The molecule has 0 aromatic carbocycles. The lowest BCUT2D eigenvalue weighted by Crippen LogP contribution is -2.63. The molecule has 0 aromatic rings. The zero-order chi connectivity index (χ0) is 17.5. The molecule has 2 aliphatic heterocycles. The Kier molecular flexibility index (Phi) is 8.44. The lowest BCUT2D eigenvalue weighted by atomic mass is 9.86. The molecule has 0 aliphatic carbocycles. The van der Waals surface area contributed by atoms with E-state index in [1.165, 1.54) is 0 Å². The summed E-state index contributed by atoms with van der Waals surface area (Å²) in [4.78, 5) is 4.83. The quantitative estimate of drug-likeness (QED) is 0.795. The molecule has 0 aromatic heterocycles. The Labute approximate surface area is 143 Å². The van der Waals surface area contributed by atoms with Crippen LogP contribution in [0.3, 0.4) is 0 Å². The lowest BCUT2D eigenvalue weighted by Gasteiger charge is -2.50. The third kappa shape index (κ3) is 5.13. The maximum absolute atomic E-state index is 12.2. The van der Waals surface area contributed by atoms with Crippen molar-refractivity contribution in [2.45, 2.75) is 45.6 Å². The summed E-state index contributed by atoms with van der Waals surface area (Å²) in [5.74, 6) is 0.261. The van der Waals surface area contributed by atoms with Crippen LogP contribution in [0.2, 0.25) is 0 Å². The summed E-state index contributed by atoms with van der Waals surface area (Å²) in [5.41, 5.74) is 6.09. The molecule has 2 N–H and O–H groups in total. The number of likely N-dealkylation sites (N-methyl/N-ethyl adjacent to an activating group) is 1. The van der Waals surface area contributed by atoms with Crippen molar-refractivity contribution in [3.05, 3.63) is 0 Å². The number of sulfonamides is 1. The van der Waals surface area contributed by atoms with E-state index in [2.05, 4.69) is 16.8 Å². The van der Waals surface area contributed by atoms with E-state index >= 15 is 0 Å². The maximum atomic E-state index is 12.2. The monoisotopic (exact) mass is 348 g/mol. The van der Waals surface area contributed by atoms with Gasteiger partial charge in [-0.15, -0.1) is 0 Å². The molecule has 0 unspecified atom stereocenters. The van der Waals surface area contributed by atoms with Gasteiger partial charge in [0.2, 0.25) is 10.0 Å². The summed E-state index contributed by atoms with van der Waals surface area (Å²) < 4.78 is 26.0. The first kappa shape index (κ1) is 20.8. The minimum atomic E-state index is -3.07. The zero-order valence-corrected chi connectivity index (χ0v) is 16.2. The normalized spacial score (nSPS) is 24.0. The lowest BCUT2D eigenvalue weighted by molar-refractivity contribution is 0.0124. The maximum Gasteiger partial charge on any atom is 0.214 e. The first-order valence-electron chi connectivity index (χ1n) is 9.05. The van der Waals surface area contributed by atoms with Crippen LogP contribution in [0.4, 0.5) is 0 Å². The molecule has 0 saturated carbocycles. The van der Waals surface area contributed by atoms with Gasteiger partial charge in [0.1, 0.15) is 0 Å². The first-order valence-corrected chi connectivity index (χ1v) is 10.7. The average molecular weight is 349 g/mol. The van der Waals surface area contributed by atoms with Gasteiger partial charge in [-0.3, -0.25) is 4.90 Å². The largest absolute Gasteiger partial charge is 0.329 e. The van der Waals surface area contributed by atoms with Crippen LogP contribution in [-0.2, 0) is 10.0 Å². The number of nitrogens with two attached hydrogens (primary N) is 1. The number of hydrogen-bond donors (Lipinski definition) is 1. The van der Waals surface area contributed by atoms with Gasteiger partial charge in [-0.05, 0) is 26.3 Å². The van der Waals surface area contributed by atoms with Gasteiger partial charge in [0.15, 0.2) is 0 Å². The van der Waals surface area contributed by atoms with E-state index in [-0.39, 0.29) is 11.3 Å². The van der Waals surface area contributed by atoms with Crippen LogP contribution in [-0.4, -0.2) is 86.7 Å². The van der Waals surface area contributed by atoms with Crippen molar-refractivity contribution in [3.63, 3.8) is 0 Å². The SMILES string of the molecule is CC.CCCS(=O)(=O)N1CCC(CN)(N2CCN(C)CC2)CC1. The van der Waals surface area contributed by atoms with Gasteiger partial charge in [0.25, 0.3) is 0 Å². The van der Waals surface area contributed by atoms with Crippen LogP contribution < -0.4 is 5.73 Å². The van der Waals surface area contributed by atoms with Gasteiger partial charge in [-0.25, -0.2) is 12.7 Å². The summed E-state index contributed by atoms with van der Waals surface area (Å²) in [7, 11) is -0.920. The van der Waals surface area contributed by atoms with E-state index in [4.69, 9.17) is 5.73 Å². The summed E-state index contributed by atoms with van der Waals surface area (Å²) in [5, 5.41) is 0. The van der Waals surface area contributed by atoms with Crippen molar-refractivity contribution in [3.8, 4) is 0 Å². The van der Waals surface area contributed by atoms with E-state index in [0.717, 1.165) is 39.0 Å². The number of nitrogens with zero attached hydrogens (tertiary/aromatic N) is 3. The molecule has 0 spiro atoms. The van der Waals surface area contributed by atoms with Crippen molar-refractivity contribution in [2.75, 3.05) is 58.6 Å². The molecule has 2 heterocycles. The molecule has 2 saturated heterocycles. The molecule has 23 heavy (non-hydrogen) atoms. The minimum Gasteiger partial charge on any atom is -0.329 e. The highest BCUT2D eigenvalue weighted by molar-refractivity contribution is 7.89. The van der Waals surface area contributed by atoms with E-state index in [1.807, 2.05) is 20.8 Å². The fraction of sp³-hybridized carbons (Fsp3) is 1.00. The highest BCUT2D eigenvalue weighted by atomic mass is 32.2. The van der Waals surface area contributed by atoms with E-state index in [1.54, 1.807) is 4.31 Å². The predicted octanol–water partition coefficient (Wildman–Crippen LogP) is 0.793. The molecular weight excluding hydrogens is 312 g/mol. The Hall–Kier alpha value is -0.210. The van der Waals surface area contributed by atoms with Crippen LogP contribution in [0.5, 0.6) is 0 Å². The smallest absolute Gasteiger partial charge is 0.214 e. The molecule has 7 heteroatoms. The summed E-state index contributed by atoms with van der Waals surface area (Å²) in [6.45, 7) is 12.0. The van der Waals surface area contributed by atoms with Crippen LogP contribution in [0.15, 0.2) is 0 Å². The van der Waals surface area contributed by atoms with E-state index < -0.39 is 10.0 Å². The van der Waals surface area contributed by atoms with Gasteiger partial charge in [0, 0.05) is 51.4 Å². The molecule has 0 atom stereocenters. The Morgan fingerprint density at radius 2 is 1.52 bits per heavy atom. The van der Waals surface area contributed by atoms with Crippen LogP contribution >= 0.6 is 0 Å². The molecule has 6 nitrogen and oxygen atoms in total. The topological polar surface area (TPSA) is 69.9 Å². The van der Waals surface area contributed by atoms with E-state index in [9.17, 15) is 8.42 Å². The summed E-state index contributed by atoms with van der Waals surface area (Å²) in [6.07, 6.45) is 2.39. The minimum absolute atomic E-state index is 0.000501. The standard InChI is InChI=1S/C14H30N4O2S.C2H6/c1-3-12-21(19,20)18-6-4-14(13-15,5-7-18)17-10-8-16(2)9-11-17;1-2/h3-13,15H2,1-2H3;1-2H3. The third-order valence-electron chi connectivity index (χ3n) is 5.06. The summed E-state index contributed by atoms with van der Waals surface area (Å²) in [6, 6.07) is 0. The Bertz CT molecular complexity index is 425. The molecule has 2 rings (SSSR count). The van der Waals surface area contributed by atoms with Gasteiger partial charge in [-0.2, -0.15) is 0 Å². The second kappa shape index (κ2) is 9.32. The second-order valence-corrected chi connectivity index (χ2v) is 8.52. The first-order chi connectivity index (χ1) is 10.9. The van der Waals surface area contributed by atoms with Crippen molar-refractivity contribution in [2.24, 2.45) is 5.73 Å². The Balaban J connectivity index is 0.00000127. The van der Waals surface area contributed by atoms with Gasteiger partial charge < -0.3 is 10.6 Å². The van der Waals surface area contributed by atoms with Gasteiger partial charge in [-0.1, -0.05) is 20.8 Å². The average Bonchev–Trinajstić information content (AvgIpc) is 2.57. The molecule has 2 fully saturated rings. The molecular formula is C16H36N4O2S. The second-order valence-electron chi connectivity index (χ2n) is 6.43. The van der Waals surface area contributed by atoms with Crippen molar-refractivity contribution < 1.29 is 8.42 Å². The van der Waals surface area contributed by atoms with Crippen molar-refractivity contribution in [1.29, 1.82) is 0 Å². The van der Waals surface area contributed by atoms with E-state index in [0.29, 0.717) is 26.1 Å². The highest BCUT2D eigenvalue weighted by Gasteiger charge is 2.41. The van der Waals surface area contributed by atoms with Gasteiger partial charge >= 0.3 is 0 Å². The van der Waals surface area contributed by atoms with Gasteiger partial charge in [0.05, 0.1) is 5.75 Å². The van der Waals surface area contributed by atoms with Crippen LogP contribution in [0.25, 0.3) is 0 Å². The third-order valence-corrected chi connectivity index (χ3v) is 7.14. The number of piperazine rings is 1. The Morgan fingerprint density at radius 3 is 1.96 bits per heavy atom. The number of hydrogen-bond acceptors (Lipinski definition) is 5. The van der Waals surface area contributed by atoms with Crippen LogP contribution in [0.1, 0.15) is 40.0 Å².